The molecule has 0 bridgehead atoms. The van der Waals surface area contributed by atoms with E-state index in [1.807, 2.05) is 44.2 Å². The highest BCUT2D eigenvalue weighted by atomic mass is 35.5. The predicted molar refractivity (Wildman–Crippen MR) is 165 cm³/mol. The zero-order chi connectivity index (χ0) is 28.9. The van der Waals surface area contributed by atoms with Gasteiger partial charge in [-0.25, -0.2) is 0 Å². The van der Waals surface area contributed by atoms with Gasteiger partial charge in [0.05, 0.1) is 26.4 Å². The van der Waals surface area contributed by atoms with Crippen molar-refractivity contribution in [3.8, 4) is 23.0 Å². The van der Waals surface area contributed by atoms with Crippen LogP contribution < -0.4 is 14.9 Å². The second-order valence-corrected chi connectivity index (χ2v) is 10.1. The van der Waals surface area contributed by atoms with Crippen molar-refractivity contribution in [3.63, 3.8) is 0 Å². The summed E-state index contributed by atoms with van der Waals surface area (Å²) in [5.41, 5.74) is 1.29. The number of halogens is 1. The Bertz CT molecular complexity index is 1290. The highest BCUT2D eigenvalue weighted by Crippen LogP contribution is 2.34. The van der Waals surface area contributed by atoms with Crippen LogP contribution in [0.5, 0.6) is 23.0 Å². The van der Waals surface area contributed by atoms with E-state index in [1.165, 1.54) is 12.1 Å². The van der Waals surface area contributed by atoms with Gasteiger partial charge in [-0.05, 0) is 64.3 Å². The number of nitrogens with zero attached hydrogens (tertiary/aromatic N) is 1. The Balaban J connectivity index is 0.000000281. The number of fused-ring (bicyclic) bond motifs is 1. The number of aryl methyl sites for hydroxylation is 1. The van der Waals surface area contributed by atoms with E-state index in [-0.39, 0.29) is 40.3 Å². The zero-order valence-corrected chi connectivity index (χ0v) is 25.4. The number of ether oxygens (including phenoxy) is 3. The monoisotopic (exact) mass is 589 g/mol. The molecule has 9 heteroatoms. The van der Waals surface area contributed by atoms with Gasteiger partial charge in [0.1, 0.15) is 39.7 Å². The van der Waals surface area contributed by atoms with Crippen LogP contribution >= 0.6 is 12.4 Å². The lowest BCUT2D eigenvalue weighted by atomic mass is 10.0. The van der Waals surface area contributed by atoms with Crippen LogP contribution in [0.1, 0.15) is 51.4 Å². The first-order valence-corrected chi connectivity index (χ1v) is 14.1. The van der Waals surface area contributed by atoms with E-state index in [1.54, 1.807) is 6.92 Å². The van der Waals surface area contributed by atoms with Crippen LogP contribution in [0.2, 0.25) is 0 Å². The van der Waals surface area contributed by atoms with Gasteiger partial charge in [0.25, 0.3) is 0 Å². The molecule has 2 N–H and O–H groups in total. The van der Waals surface area contributed by atoms with E-state index in [2.05, 4.69) is 11.8 Å². The molecule has 0 unspecified atom stereocenters. The summed E-state index contributed by atoms with van der Waals surface area (Å²) in [7, 11) is 0. The Labute approximate surface area is 248 Å². The van der Waals surface area contributed by atoms with E-state index in [0.29, 0.717) is 17.7 Å². The van der Waals surface area contributed by atoms with Crippen LogP contribution in [0.25, 0.3) is 11.0 Å². The average molecular weight is 590 g/mol. The summed E-state index contributed by atoms with van der Waals surface area (Å²) in [6, 6.07) is 10.6. The number of rotatable bonds is 11. The van der Waals surface area contributed by atoms with Crippen molar-refractivity contribution < 1.29 is 28.8 Å². The van der Waals surface area contributed by atoms with Gasteiger partial charge in [-0.3, -0.25) is 9.69 Å². The molecule has 4 rings (SSSR count). The third-order valence-corrected chi connectivity index (χ3v) is 6.49. The fourth-order valence-electron chi connectivity index (χ4n) is 4.23. The molecule has 1 aliphatic rings. The van der Waals surface area contributed by atoms with E-state index in [9.17, 15) is 15.0 Å². The first kappa shape index (κ1) is 34.0. The highest BCUT2D eigenvalue weighted by Gasteiger charge is 2.16. The summed E-state index contributed by atoms with van der Waals surface area (Å²) in [4.78, 5) is 14.3. The van der Waals surface area contributed by atoms with Crippen molar-refractivity contribution in [2.45, 2.75) is 53.4 Å². The normalized spacial score (nSPS) is 13.1. The molecule has 1 saturated heterocycles. The summed E-state index contributed by atoms with van der Waals surface area (Å²) in [5.74, 6) is 2.00. The molecule has 0 saturated carbocycles. The number of hydrogen-bond donors (Lipinski definition) is 2. The minimum Gasteiger partial charge on any atom is -0.507 e. The fourth-order valence-corrected chi connectivity index (χ4v) is 4.23. The summed E-state index contributed by atoms with van der Waals surface area (Å²) in [6.45, 7) is 14.1. The van der Waals surface area contributed by atoms with Crippen LogP contribution in [0.3, 0.4) is 0 Å². The van der Waals surface area contributed by atoms with Crippen molar-refractivity contribution in [3.05, 3.63) is 69.6 Å². The largest absolute Gasteiger partial charge is 0.507 e. The number of benzene rings is 2. The second-order valence-electron chi connectivity index (χ2n) is 10.1. The minimum atomic E-state index is -0.310. The van der Waals surface area contributed by atoms with E-state index in [0.717, 1.165) is 82.4 Å². The van der Waals surface area contributed by atoms with Gasteiger partial charge in [0.15, 0.2) is 5.43 Å². The molecule has 0 radical (unpaired) electrons. The van der Waals surface area contributed by atoms with E-state index >= 15 is 0 Å². The highest BCUT2D eigenvalue weighted by molar-refractivity contribution is 5.86. The minimum absolute atomic E-state index is 0. The molecule has 8 nitrogen and oxygen atoms in total. The van der Waals surface area contributed by atoms with Crippen molar-refractivity contribution in [1.29, 1.82) is 0 Å². The topological polar surface area (TPSA) is 102 Å². The molecule has 0 spiro atoms. The number of allylic oxidation sites excluding steroid dienone is 2. The van der Waals surface area contributed by atoms with Gasteiger partial charge < -0.3 is 28.8 Å². The van der Waals surface area contributed by atoms with Crippen molar-refractivity contribution >= 4 is 23.4 Å². The van der Waals surface area contributed by atoms with Gasteiger partial charge >= 0.3 is 0 Å². The summed E-state index contributed by atoms with van der Waals surface area (Å²) >= 11 is 0. The molecule has 1 aromatic heterocycles. The van der Waals surface area contributed by atoms with Crippen LogP contribution in [-0.2, 0) is 11.2 Å². The van der Waals surface area contributed by atoms with Gasteiger partial charge in [0, 0.05) is 37.3 Å². The smallest absolute Gasteiger partial charge is 0.196 e. The third-order valence-electron chi connectivity index (χ3n) is 6.49. The van der Waals surface area contributed by atoms with Crippen LogP contribution in [0.15, 0.2) is 57.3 Å². The first-order valence-electron chi connectivity index (χ1n) is 14.1. The number of aromatic hydroxyl groups is 2. The third kappa shape index (κ3) is 10.9. The summed E-state index contributed by atoms with van der Waals surface area (Å²) in [6.07, 6.45) is 5.54. The van der Waals surface area contributed by atoms with Crippen LogP contribution in [0, 0.1) is 6.92 Å². The maximum absolute atomic E-state index is 11.9. The molecule has 226 valence electrons. The van der Waals surface area contributed by atoms with Crippen molar-refractivity contribution in [2.24, 2.45) is 0 Å². The van der Waals surface area contributed by atoms with Crippen LogP contribution in [0.4, 0.5) is 0 Å². The number of hydrogen-bond acceptors (Lipinski definition) is 8. The molecule has 0 atom stereocenters. The Morgan fingerprint density at radius 3 is 2.20 bits per heavy atom. The molecule has 0 aliphatic carbocycles. The molecule has 2 aromatic carbocycles. The molecular weight excluding hydrogens is 546 g/mol. The Morgan fingerprint density at radius 2 is 1.61 bits per heavy atom. The predicted octanol–water partition coefficient (Wildman–Crippen LogP) is 6.41. The first-order chi connectivity index (χ1) is 19.3. The average Bonchev–Trinajstić information content (AvgIpc) is 2.92. The number of phenols is 2. The number of morpholine rings is 1. The molecule has 1 aliphatic heterocycles. The summed E-state index contributed by atoms with van der Waals surface area (Å²) in [5, 5.41) is 20.2. The Kier molecular flexibility index (Phi) is 14.6. The molecular formula is C32H44ClNO7. The molecule has 2 heterocycles. The lowest BCUT2D eigenvalue weighted by molar-refractivity contribution is 0.0358. The van der Waals surface area contributed by atoms with Crippen LogP contribution in [-0.4, -0.2) is 61.2 Å². The lowest BCUT2D eigenvalue weighted by Crippen LogP contribution is -2.37. The van der Waals surface area contributed by atoms with Crippen molar-refractivity contribution in [2.75, 3.05) is 46.1 Å². The van der Waals surface area contributed by atoms with Gasteiger partial charge in [-0.2, -0.15) is 0 Å². The van der Waals surface area contributed by atoms with E-state index < -0.39 is 0 Å². The zero-order valence-electron chi connectivity index (χ0n) is 24.6. The van der Waals surface area contributed by atoms with Gasteiger partial charge in [-0.15, -0.1) is 12.4 Å². The Hall–Kier alpha value is -3.20. The molecule has 0 amide bonds. The second kappa shape index (κ2) is 17.6. The maximum Gasteiger partial charge on any atom is 0.196 e. The SMILES string of the molecule is CC(C)=CCc1c(O)cc2oc(C)cc(=O)c2c1O.CCCCOc1ccc(OCCCN2CCOCC2)cc1.Cl. The lowest BCUT2D eigenvalue weighted by Gasteiger charge is -2.26. The van der Waals surface area contributed by atoms with E-state index in [4.69, 9.17) is 18.6 Å². The summed E-state index contributed by atoms with van der Waals surface area (Å²) < 4.78 is 22.1. The Morgan fingerprint density at radius 1 is 1.00 bits per heavy atom. The molecule has 3 aromatic rings. The maximum atomic E-state index is 11.9. The van der Waals surface area contributed by atoms with Gasteiger partial charge in [-0.1, -0.05) is 25.0 Å². The fraction of sp³-hybridized carbons (Fsp3) is 0.469. The standard InChI is InChI=1S/C17H27NO3.C15H16O4.ClH/c1-2-3-12-20-16-5-7-17(8-6-16)21-13-4-9-18-10-14-19-15-11-18;1-8(2)4-5-10-11(16)7-13-14(15(10)18)12(17)6-9(3)19-13;/h5-8H,2-4,9-15H2,1H3;4,6-7,16,18H,5H2,1-3H3;1H. The van der Waals surface area contributed by atoms with Gasteiger partial charge in [0.2, 0.25) is 0 Å². The molecule has 41 heavy (non-hydrogen) atoms. The number of phenolic OH excluding ortho intramolecular Hbond substituents is 2. The van der Waals surface area contributed by atoms with Crippen molar-refractivity contribution in [1.82, 2.24) is 4.90 Å². The number of unbranched alkanes of at least 4 members (excludes halogenated alkanes) is 1. The quantitative estimate of drug-likeness (QED) is 0.195. The molecule has 1 fully saturated rings.